The van der Waals surface area contributed by atoms with Crippen molar-refractivity contribution >= 4 is 16.7 Å². The summed E-state index contributed by atoms with van der Waals surface area (Å²) in [6.07, 6.45) is 1.06. The smallest absolute Gasteiger partial charge is 0.145 e. The van der Waals surface area contributed by atoms with Crippen molar-refractivity contribution < 1.29 is 0 Å². The van der Waals surface area contributed by atoms with Crippen LogP contribution in [0.15, 0.2) is 78.9 Å². The molecule has 0 saturated carbocycles. The van der Waals surface area contributed by atoms with Crippen LogP contribution >= 0.6 is 0 Å². The van der Waals surface area contributed by atoms with E-state index < -0.39 is 0 Å². The maximum atomic E-state index is 4.87. The highest BCUT2D eigenvalue weighted by Crippen LogP contribution is 2.21. The summed E-state index contributed by atoms with van der Waals surface area (Å²) in [7, 11) is 6.30. The second kappa shape index (κ2) is 12.1. The van der Waals surface area contributed by atoms with Gasteiger partial charge in [-0.05, 0) is 76.1 Å². The van der Waals surface area contributed by atoms with Crippen LogP contribution in [0.4, 0.5) is 5.82 Å². The summed E-state index contributed by atoms with van der Waals surface area (Å²) in [4.78, 5) is 14.1. The summed E-state index contributed by atoms with van der Waals surface area (Å²) >= 11 is 0. The zero-order chi connectivity index (χ0) is 24.5. The Bertz CT molecular complexity index is 1290. The van der Waals surface area contributed by atoms with E-state index in [9.17, 15) is 0 Å². The molecule has 35 heavy (non-hydrogen) atoms. The van der Waals surface area contributed by atoms with Crippen molar-refractivity contribution in [3.63, 3.8) is 0 Å². The molecular formula is C30H33N5. The molecule has 5 nitrogen and oxygen atoms in total. The lowest BCUT2D eigenvalue weighted by molar-refractivity contribution is 0.311. The third-order valence-electron chi connectivity index (χ3n) is 5.67. The number of hydrogen-bond donors (Lipinski definition) is 1. The SMILES string of the molecule is CN(C)CCCNc1nc(CN(C)Cc2ccc(C#Cc3ccccc3)cc2)nc2ccccc12. The molecule has 0 fully saturated rings. The summed E-state index contributed by atoms with van der Waals surface area (Å²) < 4.78 is 0. The maximum absolute atomic E-state index is 4.87. The average molecular weight is 464 g/mol. The number of nitrogens with one attached hydrogen (secondary N) is 1. The molecule has 0 aliphatic rings. The van der Waals surface area contributed by atoms with Crippen molar-refractivity contribution in [3.8, 4) is 11.8 Å². The normalized spacial score (nSPS) is 11.0. The van der Waals surface area contributed by atoms with Gasteiger partial charge in [0, 0.05) is 29.6 Å². The molecule has 1 aromatic heterocycles. The molecule has 0 radical (unpaired) electrons. The lowest BCUT2D eigenvalue weighted by atomic mass is 10.1. The first-order chi connectivity index (χ1) is 17.1. The topological polar surface area (TPSA) is 44.3 Å². The van der Waals surface area contributed by atoms with Crippen LogP contribution in [0.25, 0.3) is 10.9 Å². The molecule has 0 saturated heterocycles. The first-order valence-corrected chi connectivity index (χ1v) is 12.1. The van der Waals surface area contributed by atoms with Gasteiger partial charge in [-0.3, -0.25) is 4.90 Å². The van der Waals surface area contributed by atoms with Crippen LogP contribution in [-0.4, -0.2) is 54.0 Å². The van der Waals surface area contributed by atoms with Gasteiger partial charge in [0.2, 0.25) is 0 Å². The maximum Gasteiger partial charge on any atom is 0.145 e. The van der Waals surface area contributed by atoms with Gasteiger partial charge in [0.25, 0.3) is 0 Å². The van der Waals surface area contributed by atoms with Gasteiger partial charge in [0.1, 0.15) is 11.6 Å². The van der Waals surface area contributed by atoms with Gasteiger partial charge in [-0.1, -0.05) is 54.3 Å². The molecule has 178 valence electrons. The van der Waals surface area contributed by atoms with E-state index in [1.165, 1.54) is 5.56 Å². The number of para-hydroxylation sites is 1. The fourth-order valence-electron chi connectivity index (χ4n) is 3.90. The Morgan fingerprint density at radius 3 is 2.17 bits per heavy atom. The van der Waals surface area contributed by atoms with Crippen molar-refractivity contribution in [2.75, 3.05) is 39.5 Å². The Morgan fingerprint density at radius 2 is 1.43 bits per heavy atom. The predicted octanol–water partition coefficient (Wildman–Crippen LogP) is 5.03. The number of rotatable bonds is 9. The van der Waals surface area contributed by atoms with Gasteiger partial charge in [0.15, 0.2) is 0 Å². The van der Waals surface area contributed by atoms with E-state index in [1.807, 2.05) is 42.5 Å². The van der Waals surface area contributed by atoms with E-state index in [0.717, 1.165) is 59.7 Å². The summed E-state index contributed by atoms with van der Waals surface area (Å²) in [5, 5.41) is 4.59. The molecule has 5 heteroatoms. The predicted molar refractivity (Wildman–Crippen MR) is 145 cm³/mol. The quantitative estimate of drug-likeness (QED) is 0.279. The first kappa shape index (κ1) is 24.4. The van der Waals surface area contributed by atoms with Crippen LogP contribution < -0.4 is 5.32 Å². The molecule has 0 amide bonds. The number of fused-ring (bicyclic) bond motifs is 1. The molecule has 0 unspecified atom stereocenters. The first-order valence-electron chi connectivity index (χ1n) is 12.1. The molecule has 4 rings (SSSR count). The minimum atomic E-state index is 0.673. The Morgan fingerprint density at radius 1 is 0.743 bits per heavy atom. The molecule has 0 spiro atoms. The molecule has 1 N–H and O–H groups in total. The molecule has 0 atom stereocenters. The van der Waals surface area contributed by atoms with Crippen LogP contribution in [0.1, 0.15) is 28.9 Å². The van der Waals surface area contributed by atoms with E-state index in [-0.39, 0.29) is 0 Å². The number of anilines is 1. The van der Waals surface area contributed by atoms with Crippen molar-refractivity contribution in [3.05, 3.63) is 101 Å². The summed E-state index contributed by atoms with van der Waals surface area (Å²) in [6.45, 7) is 3.41. The average Bonchev–Trinajstić information content (AvgIpc) is 2.86. The second-order valence-corrected chi connectivity index (χ2v) is 9.07. The highest BCUT2D eigenvalue weighted by Gasteiger charge is 2.10. The number of hydrogen-bond acceptors (Lipinski definition) is 5. The van der Waals surface area contributed by atoms with E-state index in [1.54, 1.807) is 0 Å². The third-order valence-corrected chi connectivity index (χ3v) is 5.67. The van der Waals surface area contributed by atoms with Crippen LogP contribution in [0.5, 0.6) is 0 Å². The van der Waals surface area contributed by atoms with Gasteiger partial charge in [-0.25, -0.2) is 9.97 Å². The zero-order valence-electron chi connectivity index (χ0n) is 20.8. The molecule has 0 aliphatic carbocycles. The van der Waals surface area contributed by atoms with E-state index >= 15 is 0 Å². The highest BCUT2D eigenvalue weighted by atomic mass is 15.1. The molecule has 1 heterocycles. The Balaban J connectivity index is 1.40. The Labute approximate surface area is 208 Å². The number of benzene rings is 3. The van der Waals surface area contributed by atoms with Crippen LogP contribution in [0.2, 0.25) is 0 Å². The fraction of sp³-hybridized carbons (Fsp3) is 0.267. The van der Waals surface area contributed by atoms with Crippen molar-refractivity contribution in [2.24, 2.45) is 0 Å². The van der Waals surface area contributed by atoms with Crippen LogP contribution in [0, 0.1) is 11.8 Å². The van der Waals surface area contributed by atoms with Crippen molar-refractivity contribution in [1.29, 1.82) is 0 Å². The monoisotopic (exact) mass is 463 g/mol. The van der Waals surface area contributed by atoms with E-state index in [2.05, 4.69) is 84.5 Å². The van der Waals surface area contributed by atoms with Crippen LogP contribution in [-0.2, 0) is 13.1 Å². The Hall–Kier alpha value is -3.72. The summed E-state index contributed by atoms with van der Waals surface area (Å²) in [6, 6.07) is 26.7. The van der Waals surface area contributed by atoms with Crippen molar-refractivity contribution in [2.45, 2.75) is 19.5 Å². The molecule has 3 aromatic carbocycles. The largest absolute Gasteiger partial charge is 0.369 e. The molecule has 0 aliphatic heterocycles. The number of nitrogens with zero attached hydrogens (tertiary/aromatic N) is 4. The number of aromatic nitrogens is 2. The fourth-order valence-corrected chi connectivity index (χ4v) is 3.90. The van der Waals surface area contributed by atoms with Gasteiger partial charge < -0.3 is 10.2 Å². The minimum absolute atomic E-state index is 0.673. The summed E-state index contributed by atoms with van der Waals surface area (Å²) in [5.41, 5.74) is 4.25. The Kier molecular flexibility index (Phi) is 8.45. The van der Waals surface area contributed by atoms with Crippen LogP contribution in [0.3, 0.4) is 0 Å². The van der Waals surface area contributed by atoms with E-state index in [4.69, 9.17) is 9.97 Å². The van der Waals surface area contributed by atoms with Gasteiger partial charge in [-0.2, -0.15) is 0 Å². The molecule has 4 aromatic rings. The van der Waals surface area contributed by atoms with Gasteiger partial charge in [-0.15, -0.1) is 0 Å². The minimum Gasteiger partial charge on any atom is -0.369 e. The molecular weight excluding hydrogens is 430 g/mol. The lowest BCUT2D eigenvalue weighted by Gasteiger charge is -2.17. The highest BCUT2D eigenvalue weighted by molar-refractivity contribution is 5.88. The third kappa shape index (κ3) is 7.38. The summed E-state index contributed by atoms with van der Waals surface area (Å²) in [5.74, 6) is 8.19. The molecule has 0 bridgehead atoms. The van der Waals surface area contributed by atoms with Gasteiger partial charge >= 0.3 is 0 Å². The van der Waals surface area contributed by atoms with Crippen molar-refractivity contribution in [1.82, 2.24) is 19.8 Å². The van der Waals surface area contributed by atoms with Gasteiger partial charge in [0.05, 0.1) is 12.1 Å². The second-order valence-electron chi connectivity index (χ2n) is 9.07. The standard InChI is InChI=1S/C30H33N5/c1-34(2)21-9-20-31-30-27-12-7-8-13-28(27)32-29(33-30)23-35(3)22-26-18-16-25(17-19-26)15-14-24-10-5-4-6-11-24/h4-8,10-13,16-19H,9,20-23H2,1-3H3,(H,31,32,33). The zero-order valence-corrected chi connectivity index (χ0v) is 20.8. The lowest BCUT2D eigenvalue weighted by Crippen LogP contribution is -2.20. The van der Waals surface area contributed by atoms with E-state index in [0.29, 0.717) is 6.54 Å².